The first-order valence-electron chi connectivity index (χ1n) is 7.24. The van der Waals surface area contributed by atoms with E-state index in [1.807, 2.05) is 11.4 Å². The van der Waals surface area contributed by atoms with E-state index in [9.17, 15) is 19.7 Å². The predicted octanol–water partition coefficient (Wildman–Crippen LogP) is 1.10. The zero-order valence-corrected chi connectivity index (χ0v) is 13.8. The van der Waals surface area contributed by atoms with Gasteiger partial charge in [0, 0.05) is 20.0 Å². The van der Waals surface area contributed by atoms with Gasteiger partial charge in [-0.05, 0) is 27.8 Å². The average Bonchev–Trinajstić information content (AvgIpc) is 3.17. The van der Waals surface area contributed by atoms with Gasteiger partial charge in [0.25, 0.3) is 5.91 Å². The van der Waals surface area contributed by atoms with Crippen LogP contribution in [0.25, 0.3) is 0 Å². The molecule has 0 spiro atoms. The first kappa shape index (κ1) is 17.6. The van der Waals surface area contributed by atoms with E-state index in [-0.39, 0.29) is 24.2 Å². The largest absolute Gasteiger partial charge is 0.381 e. The van der Waals surface area contributed by atoms with E-state index in [1.165, 1.54) is 22.1 Å². The zero-order valence-electron chi connectivity index (χ0n) is 13.0. The Bertz CT molecular complexity index is 726. The minimum Gasteiger partial charge on any atom is -0.358 e. The quantitative estimate of drug-likeness (QED) is 0.419. The number of aromatic nitrogens is 2. The summed E-state index contributed by atoms with van der Waals surface area (Å²) in [6.45, 7) is 2.42. The molecule has 0 fully saturated rings. The van der Waals surface area contributed by atoms with Gasteiger partial charge in [-0.1, -0.05) is 6.07 Å². The Morgan fingerprint density at radius 2 is 2.12 bits per heavy atom. The number of rotatable bonds is 8. The number of thiophene rings is 1. The molecule has 2 amide bonds. The highest BCUT2D eigenvalue weighted by molar-refractivity contribution is 7.12. The third kappa shape index (κ3) is 4.88. The number of carbonyl (C=O) groups excluding carboxylic acids is 2. The number of amides is 2. The SMILES string of the molecule is Cc1nc([N+](=O)[O-])cn1CC(=O)NCCCNC(=O)c1cccs1. The summed E-state index contributed by atoms with van der Waals surface area (Å²) in [5.74, 6) is -0.274. The van der Waals surface area contributed by atoms with Crippen LogP contribution >= 0.6 is 11.3 Å². The molecule has 24 heavy (non-hydrogen) atoms. The number of carbonyl (C=O) groups is 2. The number of imidazole rings is 1. The van der Waals surface area contributed by atoms with Gasteiger partial charge in [-0.3, -0.25) is 14.2 Å². The van der Waals surface area contributed by atoms with Crippen molar-refractivity contribution in [3.8, 4) is 0 Å². The van der Waals surface area contributed by atoms with Crippen molar-refractivity contribution in [3.05, 3.63) is 44.5 Å². The van der Waals surface area contributed by atoms with Gasteiger partial charge in [-0.2, -0.15) is 0 Å². The van der Waals surface area contributed by atoms with Crippen LogP contribution in [0.15, 0.2) is 23.7 Å². The maximum absolute atomic E-state index is 11.8. The summed E-state index contributed by atoms with van der Waals surface area (Å²) >= 11 is 1.37. The molecular formula is C14H17N5O4S. The molecule has 0 atom stereocenters. The molecule has 2 heterocycles. The highest BCUT2D eigenvalue weighted by Crippen LogP contribution is 2.10. The molecule has 0 saturated carbocycles. The summed E-state index contributed by atoms with van der Waals surface area (Å²) in [6.07, 6.45) is 1.82. The summed E-state index contributed by atoms with van der Waals surface area (Å²) in [6, 6.07) is 3.55. The second kappa shape index (κ2) is 8.20. The average molecular weight is 351 g/mol. The van der Waals surface area contributed by atoms with Gasteiger partial charge in [0.05, 0.1) is 4.88 Å². The first-order valence-corrected chi connectivity index (χ1v) is 8.12. The fourth-order valence-corrected chi connectivity index (χ4v) is 2.60. The minimum absolute atomic E-state index is 0.0335. The molecule has 2 N–H and O–H groups in total. The molecule has 0 bridgehead atoms. The molecule has 2 aromatic heterocycles. The van der Waals surface area contributed by atoms with Crippen molar-refractivity contribution >= 4 is 29.0 Å². The predicted molar refractivity (Wildman–Crippen MR) is 87.9 cm³/mol. The van der Waals surface area contributed by atoms with Crippen LogP contribution in [0.4, 0.5) is 5.82 Å². The van der Waals surface area contributed by atoms with Crippen molar-refractivity contribution in [2.75, 3.05) is 13.1 Å². The highest BCUT2D eigenvalue weighted by atomic mass is 32.1. The molecule has 128 valence electrons. The Balaban J connectivity index is 1.66. The molecule has 9 nitrogen and oxygen atoms in total. The summed E-state index contributed by atoms with van der Waals surface area (Å²) in [4.78, 5) is 37.9. The molecule has 10 heteroatoms. The van der Waals surface area contributed by atoms with Gasteiger partial charge in [0.15, 0.2) is 0 Å². The standard InChI is InChI=1S/C14H17N5O4S/c1-10-17-12(19(22)23)8-18(10)9-13(20)15-5-3-6-16-14(21)11-4-2-7-24-11/h2,4,7-8H,3,5-6,9H2,1H3,(H,15,20)(H,16,21). The number of nitrogens with zero attached hydrogens (tertiary/aromatic N) is 3. The van der Waals surface area contributed by atoms with Crippen LogP contribution in [-0.4, -0.2) is 39.4 Å². The molecule has 2 rings (SSSR count). The molecule has 0 radical (unpaired) electrons. The zero-order chi connectivity index (χ0) is 17.5. The fraction of sp³-hybridized carbons (Fsp3) is 0.357. The smallest absolute Gasteiger partial charge is 0.358 e. The Hall–Kier alpha value is -2.75. The van der Waals surface area contributed by atoms with E-state index >= 15 is 0 Å². The van der Waals surface area contributed by atoms with E-state index in [4.69, 9.17) is 0 Å². The fourth-order valence-electron chi connectivity index (χ4n) is 1.96. The van der Waals surface area contributed by atoms with Crippen LogP contribution in [0, 0.1) is 17.0 Å². The minimum atomic E-state index is -0.600. The first-order chi connectivity index (χ1) is 11.5. The van der Waals surface area contributed by atoms with Crippen molar-refractivity contribution in [1.82, 2.24) is 20.2 Å². The number of nitro groups is 1. The molecule has 0 aromatic carbocycles. The van der Waals surface area contributed by atoms with Gasteiger partial charge in [-0.25, -0.2) is 0 Å². The Labute approximate surface area is 141 Å². The van der Waals surface area contributed by atoms with Gasteiger partial charge < -0.3 is 20.7 Å². The lowest BCUT2D eigenvalue weighted by molar-refractivity contribution is -0.389. The van der Waals surface area contributed by atoms with E-state index < -0.39 is 4.92 Å². The normalized spacial score (nSPS) is 10.4. The lowest BCUT2D eigenvalue weighted by atomic mass is 10.4. The number of hydrogen-bond donors (Lipinski definition) is 2. The molecular weight excluding hydrogens is 334 g/mol. The summed E-state index contributed by atoms with van der Waals surface area (Å²) in [7, 11) is 0. The van der Waals surface area contributed by atoms with Crippen LogP contribution in [0.1, 0.15) is 21.9 Å². The molecule has 0 aliphatic rings. The van der Waals surface area contributed by atoms with Crippen molar-refractivity contribution < 1.29 is 14.5 Å². The van der Waals surface area contributed by atoms with E-state index in [2.05, 4.69) is 15.6 Å². The van der Waals surface area contributed by atoms with Crippen molar-refractivity contribution in [2.24, 2.45) is 0 Å². The lowest BCUT2D eigenvalue weighted by Gasteiger charge is -2.06. The Morgan fingerprint density at radius 1 is 1.38 bits per heavy atom. The lowest BCUT2D eigenvalue weighted by Crippen LogP contribution is -2.31. The van der Waals surface area contributed by atoms with Crippen LogP contribution in [0.2, 0.25) is 0 Å². The number of aryl methyl sites for hydroxylation is 1. The molecule has 0 unspecified atom stereocenters. The maximum Gasteiger partial charge on any atom is 0.381 e. The van der Waals surface area contributed by atoms with Crippen LogP contribution < -0.4 is 10.6 Å². The summed E-state index contributed by atoms with van der Waals surface area (Å²) in [5.41, 5.74) is 0. The molecule has 0 aliphatic heterocycles. The molecule has 0 aliphatic carbocycles. The second-order valence-corrected chi connectivity index (χ2v) is 5.92. The number of nitrogens with one attached hydrogen (secondary N) is 2. The van der Waals surface area contributed by atoms with Crippen molar-refractivity contribution in [2.45, 2.75) is 19.9 Å². The summed E-state index contributed by atoms with van der Waals surface area (Å²) < 4.78 is 1.42. The highest BCUT2D eigenvalue weighted by Gasteiger charge is 2.16. The van der Waals surface area contributed by atoms with Crippen LogP contribution in [-0.2, 0) is 11.3 Å². The van der Waals surface area contributed by atoms with Gasteiger partial charge in [0.2, 0.25) is 11.7 Å². The maximum atomic E-state index is 11.8. The van der Waals surface area contributed by atoms with Gasteiger partial charge >= 0.3 is 5.82 Å². The van der Waals surface area contributed by atoms with E-state index in [0.717, 1.165) is 0 Å². The van der Waals surface area contributed by atoms with Crippen LogP contribution in [0.3, 0.4) is 0 Å². The topological polar surface area (TPSA) is 119 Å². The Kier molecular flexibility index (Phi) is 6.01. The van der Waals surface area contributed by atoms with Gasteiger partial charge in [0.1, 0.15) is 12.7 Å². The monoisotopic (exact) mass is 351 g/mol. The molecule has 2 aromatic rings. The second-order valence-electron chi connectivity index (χ2n) is 4.97. The van der Waals surface area contributed by atoms with E-state index in [0.29, 0.717) is 30.2 Å². The van der Waals surface area contributed by atoms with Crippen molar-refractivity contribution in [3.63, 3.8) is 0 Å². The molecule has 0 saturated heterocycles. The third-order valence-corrected chi connectivity index (χ3v) is 4.04. The van der Waals surface area contributed by atoms with Crippen LogP contribution in [0.5, 0.6) is 0 Å². The third-order valence-electron chi connectivity index (χ3n) is 3.17. The summed E-state index contributed by atoms with van der Waals surface area (Å²) in [5, 5.41) is 17.9. The van der Waals surface area contributed by atoms with Gasteiger partial charge in [-0.15, -0.1) is 11.3 Å². The van der Waals surface area contributed by atoms with Crippen molar-refractivity contribution in [1.29, 1.82) is 0 Å². The Morgan fingerprint density at radius 3 is 2.75 bits per heavy atom. The van der Waals surface area contributed by atoms with E-state index in [1.54, 1.807) is 13.0 Å². The number of hydrogen-bond acceptors (Lipinski definition) is 6.